The maximum Gasteiger partial charge on any atom is 0.118 e. The highest BCUT2D eigenvalue weighted by Gasteiger charge is 2.12. The van der Waals surface area contributed by atoms with Gasteiger partial charge in [0.25, 0.3) is 0 Å². The molecule has 0 bridgehead atoms. The van der Waals surface area contributed by atoms with Gasteiger partial charge in [-0.05, 0) is 43.8 Å². The van der Waals surface area contributed by atoms with Crippen LogP contribution in [0.1, 0.15) is 17.2 Å². The van der Waals surface area contributed by atoms with Crippen molar-refractivity contribution in [3.8, 4) is 5.75 Å². The molecule has 21 heavy (non-hydrogen) atoms. The Morgan fingerprint density at radius 3 is 2.19 bits per heavy atom. The summed E-state index contributed by atoms with van der Waals surface area (Å²) in [6.45, 7) is 3.02. The lowest BCUT2D eigenvalue weighted by Gasteiger charge is -2.26. The van der Waals surface area contributed by atoms with E-state index in [2.05, 4.69) is 60.6 Å². The van der Waals surface area contributed by atoms with Crippen molar-refractivity contribution in [2.45, 2.75) is 13.0 Å². The summed E-state index contributed by atoms with van der Waals surface area (Å²) in [5.41, 5.74) is 3.78. The van der Waals surface area contributed by atoms with Crippen LogP contribution in [0.3, 0.4) is 0 Å². The number of nitrogens with one attached hydrogen (secondary N) is 1. The van der Waals surface area contributed by atoms with Crippen LogP contribution in [0.25, 0.3) is 0 Å². The quantitative estimate of drug-likeness (QED) is 0.880. The lowest BCUT2D eigenvalue weighted by atomic mass is 10.1. The van der Waals surface area contributed by atoms with E-state index < -0.39 is 0 Å². The predicted molar refractivity (Wildman–Crippen MR) is 89.2 cm³/mol. The molecule has 0 aromatic heterocycles. The summed E-state index contributed by atoms with van der Waals surface area (Å²) in [7, 11) is 5.81. The zero-order valence-electron chi connectivity index (χ0n) is 13.3. The van der Waals surface area contributed by atoms with Gasteiger partial charge < -0.3 is 15.0 Å². The zero-order chi connectivity index (χ0) is 15.2. The second-order valence-electron chi connectivity index (χ2n) is 5.33. The van der Waals surface area contributed by atoms with Gasteiger partial charge in [-0.1, -0.05) is 29.8 Å². The molecule has 1 atom stereocenters. The summed E-state index contributed by atoms with van der Waals surface area (Å²) in [5.74, 6) is 0.889. The number of anilines is 1. The monoisotopic (exact) mass is 284 g/mol. The lowest BCUT2D eigenvalue weighted by molar-refractivity contribution is 0.414. The predicted octanol–water partition coefficient (Wildman–Crippen LogP) is 3.40. The molecule has 3 heteroatoms. The van der Waals surface area contributed by atoms with Gasteiger partial charge in [-0.2, -0.15) is 0 Å². The Kier molecular flexibility index (Phi) is 5.23. The minimum Gasteiger partial charge on any atom is -0.497 e. The molecule has 0 aliphatic rings. The van der Waals surface area contributed by atoms with Crippen LogP contribution in [0.2, 0.25) is 0 Å². The molecular weight excluding hydrogens is 260 g/mol. The summed E-state index contributed by atoms with van der Waals surface area (Å²) in [5, 5.41) is 3.39. The molecule has 3 nitrogen and oxygen atoms in total. The first-order chi connectivity index (χ1) is 10.1. The minimum atomic E-state index is 0.280. The molecule has 0 saturated carbocycles. The number of aryl methyl sites for hydroxylation is 1. The van der Waals surface area contributed by atoms with Crippen molar-refractivity contribution in [3.63, 3.8) is 0 Å². The van der Waals surface area contributed by atoms with Gasteiger partial charge in [-0.15, -0.1) is 0 Å². The second-order valence-corrected chi connectivity index (χ2v) is 5.33. The van der Waals surface area contributed by atoms with Crippen molar-refractivity contribution in [2.24, 2.45) is 0 Å². The maximum atomic E-state index is 5.21. The molecule has 1 unspecified atom stereocenters. The molecule has 0 aliphatic heterocycles. The third-order valence-electron chi connectivity index (χ3n) is 3.80. The van der Waals surface area contributed by atoms with E-state index in [1.54, 1.807) is 7.11 Å². The highest BCUT2D eigenvalue weighted by Crippen LogP contribution is 2.21. The fraction of sp³-hybridized carbons (Fsp3) is 0.333. The molecule has 0 radical (unpaired) electrons. The maximum absolute atomic E-state index is 5.21. The van der Waals surface area contributed by atoms with Gasteiger partial charge in [0.15, 0.2) is 0 Å². The summed E-state index contributed by atoms with van der Waals surface area (Å²) in [6.07, 6.45) is 0. The Hall–Kier alpha value is -2.00. The molecular formula is C18H24N2O. The Morgan fingerprint density at radius 2 is 1.67 bits per heavy atom. The van der Waals surface area contributed by atoms with Crippen LogP contribution in [-0.4, -0.2) is 27.7 Å². The van der Waals surface area contributed by atoms with Gasteiger partial charge in [0.05, 0.1) is 7.11 Å². The molecule has 0 amide bonds. The normalized spacial score (nSPS) is 12.0. The molecule has 0 spiro atoms. The molecule has 0 heterocycles. The SMILES string of the molecule is CNC(CN(C)c1ccc(C)cc1)c1ccc(OC)cc1. The van der Waals surface area contributed by atoms with Gasteiger partial charge in [0.1, 0.15) is 5.75 Å². The Bertz CT molecular complexity index is 548. The molecule has 0 saturated heterocycles. The third kappa shape index (κ3) is 3.99. The van der Waals surface area contributed by atoms with E-state index >= 15 is 0 Å². The summed E-state index contributed by atoms with van der Waals surface area (Å²) < 4.78 is 5.21. The first-order valence-corrected chi connectivity index (χ1v) is 7.23. The van der Waals surface area contributed by atoms with Crippen molar-refractivity contribution >= 4 is 5.69 Å². The molecule has 2 aromatic carbocycles. The first-order valence-electron chi connectivity index (χ1n) is 7.23. The molecule has 0 aliphatic carbocycles. The van der Waals surface area contributed by atoms with Crippen LogP contribution in [-0.2, 0) is 0 Å². The number of rotatable bonds is 6. The number of benzene rings is 2. The van der Waals surface area contributed by atoms with Crippen molar-refractivity contribution in [3.05, 3.63) is 59.7 Å². The number of nitrogens with zero attached hydrogens (tertiary/aromatic N) is 1. The average Bonchev–Trinajstić information content (AvgIpc) is 2.53. The zero-order valence-corrected chi connectivity index (χ0v) is 13.3. The van der Waals surface area contributed by atoms with E-state index in [-0.39, 0.29) is 6.04 Å². The number of hydrogen-bond donors (Lipinski definition) is 1. The van der Waals surface area contributed by atoms with Crippen molar-refractivity contribution in [1.29, 1.82) is 0 Å². The third-order valence-corrected chi connectivity index (χ3v) is 3.80. The fourth-order valence-corrected chi connectivity index (χ4v) is 2.38. The summed E-state index contributed by atoms with van der Waals surface area (Å²) >= 11 is 0. The van der Waals surface area contributed by atoms with Gasteiger partial charge in [-0.3, -0.25) is 0 Å². The first kappa shape index (κ1) is 15.4. The Morgan fingerprint density at radius 1 is 1.05 bits per heavy atom. The standard InChI is InChI=1S/C18H24N2O/c1-14-5-9-16(10-6-14)20(3)13-18(19-2)15-7-11-17(21-4)12-8-15/h5-12,18-19H,13H2,1-4H3. The van der Waals surface area contributed by atoms with Gasteiger partial charge in [0.2, 0.25) is 0 Å². The van der Waals surface area contributed by atoms with Crippen LogP contribution in [0.5, 0.6) is 5.75 Å². The van der Waals surface area contributed by atoms with E-state index in [1.807, 2.05) is 19.2 Å². The van der Waals surface area contributed by atoms with Crippen LogP contribution >= 0.6 is 0 Å². The van der Waals surface area contributed by atoms with E-state index in [1.165, 1.54) is 16.8 Å². The van der Waals surface area contributed by atoms with E-state index in [0.29, 0.717) is 0 Å². The summed E-state index contributed by atoms with van der Waals surface area (Å²) in [4.78, 5) is 2.27. The number of likely N-dealkylation sites (N-methyl/N-ethyl adjacent to an activating group) is 2. The van der Waals surface area contributed by atoms with Gasteiger partial charge in [0, 0.05) is 25.3 Å². The average molecular weight is 284 g/mol. The minimum absolute atomic E-state index is 0.280. The van der Waals surface area contributed by atoms with Gasteiger partial charge >= 0.3 is 0 Å². The van der Waals surface area contributed by atoms with Crippen LogP contribution in [0, 0.1) is 6.92 Å². The van der Waals surface area contributed by atoms with Crippen molar-refractivity contribution < 1.29 is 4.74 Å². The topological polar surface area (TPSA) is 24.5 Å². The van der Waals surface area contributed by atoms with E-state index in [9.17, 15) is 0 Å². The Balaban J connectivity index is 2.08. The number of hydrogen-bond acceptors (Lipinski definition) is 3. The highest BCUT2D eigenvalue weighted by molar-refractivity contribution is 5.47. The molecule has 2 aromatic rings. The van der Waals surface area contributed by atoms with Gasteiger partial charge in [-0.25, -0.2) is 0 Å². The highest BCUT2D eigenvalue weighted by atomic mass is 16.5. The van der Waals surface area contributed by atoms with E-state index in [4.69, 9.17) is 4.74 Å². The smallest absolute Gasteiger partial charge is 0.118 e. The van der Waals surface area contributed by atoms with Crippen LogP contribution in [0.4, 0.5) is 5.69 Å². The largest absolute Gasteiger partial charge is 0.497 e. The molecule has 112 valence electrons. The van der Waals surface area contributed by atoms with E-state index in [0.717, 1.165) is 12.3 Å². The molecule has 0 fully saturated rings. The van der Waals surface area contributed by atoms with Crippen LogP contribution < -0.4 is 15.0 Å². The van der Waals surface area contributed by atoms with Crippen molar-refractivity contribution in [1.82, 2.24) is 5.32 Å². The fourth-order valence-electron chi connectivity index (χ4n) is 2.38. The lowest BCUT2D eigenvalue weighted by Crippen LogP contribution is -2.31. The second kappa shape index (κ2) is 7.14. The van der Waals surface area contributed by atoms with Crippen molar-refractivity contribution in [2.75, 3.05) is 32.6 Å². The van der Waals surface area contributed by atoms with Crippen LogP contribution in [0.15, 0.2) is 48.5 Å². The number of ether oxygens (including phenoxy) is 1. The summed E-state index contributed by atoms with van der Waals surface area (Å²) in [6, 6.07) is 17.1. The number of methoxy groups -OCH3 is 1. The molecule has 1 N–H and O–H groups in total. The molecule has 2 rings (SSSR count). The Labute approximate surface area is 127 Å².